The number of rotatable bonds is 4. The van der Waals surface area contributed by atoms with Crippen molar-refractivity contribution in [2.24, 2.45) is 0 Å². The van der Waals surface area contributed by atoms with Gasteiger partial charge in [-0.15, -0.1) is 0 Å². The summed E-state index contributed by atoms with van der Waals surface area (Å²) in [5.74, 6) is 1.11. The number of carbonyl (C=O) groups excluding carboxylic acids is 1. The molecule has 0 spiro atoms. The Kier molecular flexibility index (Phi) is 4.43. The predicted octanol–water partition coefficient (Wildman–Crippen LogP) is 2.09. The van der Waals surface area contributed by atoms with Crippen molar-refractivity contribution < 1.29 is 14.3 Å². The highest BCUT2D eigenvalue weighted by atomic mass is 16.5. The molecule has 1 aliphatic heterocycles. The second-order valence-electron chi connectivity index (χ2n) is 5.15. The molecule has 2 rings (SSSR count). The molecule has 1 N–H and O–H groups in total. The molecule has 0 radical (unpaired) electrons. The molecule has 0 aromatic heterocycles. The molecule has 1 aliphatic rings. The zero-order valence-electron chi connectivity index (χ0n) is 11.7. The summed E-state index contributed by atoms with van der Waals surface area (Å²) < 4.78 is 10.8. The fraction of sp³-hybridized carbons (Fsp3) is 0.533. The van der Waals surface area contributed by atoms with E-state index < -0.39 is 0 Å². The van der Waals surface area contributed by atoms with E-state index in [1.807, 2.05) is 18.2 Å². The van der Waals surface area contributed by atoms with Crippen LogP contribution in [0.5, 0.6) is 5.75 Å². The van der Waals surface area contributed by atoms with Crippen LogP contribution < -0.4 is 10.1 Å². The van der Waals surface area contributed by atoms with Gasteiger partial charge in [0.15, 0.2) is 0 Å². The topological polar surface area (TPSA) is 47.6 Å². The van der Waals surface area contributed by atoms with Gasteiger partial charge < -0.3 is 14.8 Å². The predicted molar refractivity (Wildman–Crippen MR) is 73.4 cm³/mol. The first-order valence-electron chi connectivity index (χ1n) is 6.68. The molecule has 4 nitrogen and oxygen atoms in total. The van der Waals surface area contributed by atoms with Crippen molar-refractivity contribution in [3.63, 3.8) is 0 Å². The first-order chi connectivity index (χ1) is 9.11. The number of nitrogens with one attached hydrogen (secondary N) is 1. The summed E-state index contributed by atoms with van der Waals surface area (Å²) >= 11 is 0. The van der Waals surface area contributed by atoms with E-state index >= 15 is 0 Å². The molecule has 0 unspecified atom stereocenters. The molecular formula is C15H21NO3. The quantitative estimate of drug-likeness (QED) is 0.845. The van der Waals surface area contributed by atoms with Crippen LogP contribution in [0.2, 0.25) is 0 Å². The minimum Gasteiger partial charge on any atom is -0.489 e. The Bertz CT molecular complexity index is 445. The van der Waals surface area contributed by atoms with E-state index in [1.54, 1.807) is 0 Å². The highest BCUT2D eigenvalue weighted by molar-refractivity contribution is 5.76. The number of benzene rings is 1. The van der Waals surface area contributed by atoms with Crippen molar-refractivity contribution in [2.75, 3.05) is 13.7 Å². The number of para-hydroxylation sites is 1. The van der Waals surface area contributed by atoms with Crippen LogP contribution in [-0.2, 0) is 9.53 Å². The zero-order chi connectivity index (χ0) is 13.8. The normalized spacial score (nSPS) is 22.5. The molecule has 4 heteroatoms. The molecule has 0 saturated carbocycles. The minimum absolute atomic E-state index is 0.0176. The minimum atomic E-state index is -0.249. The average molecular weight is 263 g/mol. The van der Waals surface area contributed by atoms with Crippen molar-refractivity contribution in [3.05, 3.63) is 29.8 Å². The van der Waals surface area contributed by atoms with Gasteiger partial charge in [-0.2, -0.15) is 0 Å². The lowest BCUT2D eigenvalue weighted by molar-refractivity contribution is -0.142. The fourth-order valence-electron chi connectivity index (χ4n) is 2.36. The Labute approximate surface area is 114 Å². The number of esters is 1. The highest BCUT2D eigenvalue weighted by Crippen LogP contribution is 2.28. The van der Waals surface area contributed by atoms with E-state index in [2.05, 4.69) is 25.2 Å². The largest absolute Gasteiger partial charge is 0.489 e. The summed E-state index contributed by atoms with van der Waals surface area (Å²) in [4.78, 5) is 11.4. The Hall–Kier alpha value is -1.55. The van der Waals surface area contributed by atoms with Gasteiger partial charge in [0.1, 0.15) is 17.9 Å². The summed E-state index contributed by atoms with van der Waals surface area (Å²) in [7, 11) is 1.41. The van der Waals surface area contributed by atoms with E-state index in [-0.39, 0.29) is 18.1 Å². The molecule has 0 amide bonds. The lowest BCUT2D eigenvalue weighted by Crippen LogP contribution is -2.31. The van der Waals surface area contributed by atoms with Gasteiger partial charge in [0.05, 0.1) is 7.11 Å². The first-order valence-corrected chi connectivity index (χ1v) is 6.68. The van der Waals surface area contributed by atoms with Gasteiger partial charge in [0.2, 0.25) is 0 Å². The summed E-state index contributed by atoms with van der Waals surface area (Å²) in [6, 6.07) is 7.82. The Morgan fingerprint density at radius 3 is 2.79 bits per heavy atom. The molecule has 1 heterocycles. The third-order valence-electron chi connectivity index (χ3n) is 3.41. The third-order valence-corrected chi connectivity index (χ3v) is 3.41. The van der Waals surface area contributed by atoms with Crippen LogP contribution in [0, 0.1) is 0 Å². The molecule has 104 valence electrons. The fourth-order valence-corrected chi connectivity index (χ4v) is 2.36. The molecule has 2 atom stereocenters. The van der Waals surface area contributed by atoms with Gasteiger partial charge >= 0.3 is 5.97 Å². The Morgan fingerprint density at radius 1 is 1.37 bits per heavy atom. The van der Waals surface area contributed by atoms with Crippen molar-refractivity contribution in [1.82, 2.24) is 5.32 Å². The smallest absolute Gasteiger partial charge is 0.323 e. The maximum absolute atomic E-state index is 11.4. The first kappa shape index (κ1) is 13.9. The molecule has 1 saturated heterocycles. The maximum atomic E-state index is 11.4. The van der Waals surface area contributed by atoms with Crippen LogP contribution in [-0.4, -0.2) is 31.8 Å². The van der Waals surface area contributed by atoms with Crippen LogP contribution >= 0.6 is 0 Å². The van der Waals surface area contributed by atoms with E-state index in [0.717, 1.165) is 5.75 Å². The van der Waals surface area contributed by atoms with Gasteiger partial charge in [0, 0.05) is 13.0 Å². The van der Waals surface area contributed by atoms with Crippen LogP contribution in [0.1, 0.15) is 31.7 Å². The second-order valence-corrected chi connectivity index (χ2v) is 5.15. The number of carbonyl (C=O) groups is 1. The molecular weight excluding hydrogens is 242 g/mol. The van der Waals surface area contributed by atoms with Crippen molar-refractivity contribution >= 4 is 5.97 Å². The lowest BCUT2D eigenvalue weighted by Gasteiger charge is -2.17. The molecule has 0 bridgehead atoms. The molecule has 0 aliphatic carbocycles. The van der Waals surface area contributed by atoms with E-state index in [0.29, 0.717) is 18.9 Å². The number of ether oxygens (including phenoxy) is 2. The molecule has 1 fully saturated rings. The third kappa shape index (κ3) is 3.26. The number of hydrogen-bond donors (Lipinski definition) is 1. The van der Waals surface area contributed by atoms with Gasteiger partial charge in [0.25, 0.3) is 0 Å². The Balaban J connectivity index is 2.01. The van der Waals surface area contributed by atoms with E-state index in [9.17, 15) is 4.79 Å². The van der Waals surface area contributed by atoms with E-state index in [1.165, 1.54) is 12.7 Å². The summed E-state index contributed by atoms with van der Waals surface area (Å²) in [5, 5.41) is 3.13. The van der Waals surface area contributed by atoms with Crippen LogP contribution in [0.4, 0.5) is 0 Å². The molecule has 1 aromatic carbocycles. The summed E-state index contributed by atoms with van der Waals surface area (Å²) in [6.07, 6.45) is 0.669. The number of hydrogen-bond acceptors (Lipinski definition) is 4. The van der Waals surface area contributed by atoms with Crippen molar-refractivity contribution in [1.29, 1.82) is 0 Å². The number of methoxy groups -OCH3 is 1. The van der Waals surface area contributed by atoms with Crippen molar-refractivity contribution in [3.8, 4) is 5.75 Å². The maximum Gasteiger partial charge on any atom is 0.323 e. The average Bonchev–Trinajstić information content (AvgIpc) is 2.86. The standard InChI is InChI=1S/C15H21NO3/c1-10(2)12-6-4-5-7-14(12)19-11-8-13(16-9-11)15(17)18-3/h4-7,10-11,13,16H,8-9H2,1-3H3/t11-,13-/m0/s1. The van der Waals surface area contributed by atoms with Gasteiger partial charge in [-0.05, 0) is 17.5 Å². The van der Waals surface area contributed by atoms with Crippen LogP contribution in [0.25, 0.3) is 0 Å². The molecule has 1 aromatic rings. The van der Waals surface area contributed by atoms with Crippen LogP contribution in [0.3, 0.4) is 0 Å². The van der Waals surface area contributed by atoms with E-state index in [4.69, 9.17) is 9.47 Å². The molecule has 19 heavy (non-hydrogen) atoms. The van der Waals surface area contributed by atoms with Gasteiger partial charge in [-0.3, -0.25) is 4.79 Å². The lowest BCUT2D eigenvalue weighted by atomic mass is 10.0. The van der Waals surface area contributed by atoms with Crippen molar-refractivity contribution in [2.45, 2.75) is 38.3 Å². The zero-order valence-corrected chi connectivity index (χ0v) is 11.7. The highest BCUT2D eigenvalue weighted by Gasteiger charge is 2.31. The van der Waals surface area contributed by atoms with Crippen LogP contribution in [0.15, 0.2) is 24.3 Å². The van der Waals surface area contributed by atoms with Gasteiger partial charge in [-0.25, -0.2) is 0 Å². The SMILES string of the molecule is COC(=O)[C@@H]1C[C@H](Oc2ccccc2C(C)C)CN1. The van der Waals surface area contributed by atoms with Gasteiger partial charge in [-0.1, -0.05) is 32.0 Å². The monoisotopic (exact) mass is 263 g/mol. The second kappa shape index (κ2) is 6.06. The Morgan fingerprint density at radius 2 is 2.11 bits per heavy atom. The summed E-state index contributed by atoms with van der Waals surface area (Å²) in [6.45, 7) is 4.96. The summed E-state index contributed by atoms with van der Waals surface area (Å²) in [5.41, 5.74) is 1.20.